The van der Waals surface area contributed by atoms with E-state index < -0.39 is 0 Å². The van der Waals surface area contributed by atoms with Gasteiger partial charge in [-0.05, 0) is 29.2 Å². The Hall–Kier alpha value is -1.87. The summed E-state index contributed by atoms with van der Waals surface area (Å²) in [6, 6.07) is 13.0. The molecule has 3 nitrogen and oxygen atoms in total. The van der Waals surface area contributed by atoms with Crippen molar-refractivity contribution in [1.29, 1.82) is 0 Å². The van der Waals surface area contributed by atoms with Gasteiger partial charge < -0.3 is 5.32 Å². The van der Waals surface area contributed by atoms with Gasteiger partial charge in [0.2, 0.25) is 0 Å². The SMILES string of the molecule is c1cncc(CN2CC3CNc4ccccc4C3C2)c1. The number of nitrogens with one attached hydrogen (secondary N) is 1. The lowest BCUT2D eigenvalue weighted by molar-refractivity contribution is 0.318. The summed E-state index contributed by atoms with van der Waals surface area (Å²) in [6.07, 6.45) is 3.82. The molecule has 3 heterocycles. The van der Waals surface area contributed by atoms with E-state index in [1.54, 1.807) is 0 Å². The molecule has 0 radical (unpaired) electrons. The van der Waals surface area contributed by atoms with E-state index in [1.165, 1.54) is 23.4 Å². The molecule has 0 spiro atoms. The van der Waals surface area contributed by atoms with E-state index in [4.69, 9.17) is 0 Å². The van der Waals surface area contributed by atoms with Crippen LogP contribution < -0.4 is 5.32 Å². The molecule has 2 aliphatic heterocycles. The van der Waals surface area contributed by atoms with Gasteiger partial charge in [-0.3, -0.25) is 9.88 Å². The number of benzene rings is 1. The highest BCUT2D eigenvalue weighted by molar-refractivity contribution is 5.55. The van der Waals surface area contributed by atoms with Crippen molar-refractivity contribution in [3.63, 3.8) is 0 Å². The molecule has 0 aliphatic carbocycles. The zero-order valence-electron chi connectivity index (χ0n) is 11.5. The van der Waals surface area contributed by atoms with Crippen LogP contribution in [-0.4, -0.2) is 29.5 Å². The number of rotatable bonds is 2. The van der Waals surface area contributed by atoms with Crippen molar-refractivity contribution < 1.29 is 0 Å². The van der Waals surface area contributed by atoms with Crippen LogP contribution in [0.1, 0.15) is 17.0 Å². The molecule has 0 amide bonds. The van der Waals surface area contributed by atoms with Crippen LogP contribution in [0, 0.1) is 5.92 Å². The maximum absolute atomic E-state index is 4.21. The standard InChI is InChI=1S/C17H19N3/c1-2-6-17-15(5-1)16-12-20(11-14(16)9-19-17)10-13-4-3-7-18-8-13/h1-8,14,16,19H,9-12H2. The molecule has 1 N–H and O–H groups in total. The number of nitrogens with zero attached hydrogens (tertiary/aromatic N) is 2. The minimum Gasteiger partial charge on any atom is -0.384 e. The van der Waals surface area contributed by atoms with E-state index in [0.717, 1.165) is 25.6 Å². The Morgan fingerprint density at radius 3 is 3.00 bits per heavy atom. The van der Waals surface area contributed by atoms with Gasteiger partial charge in [-0.25, -0.2) is 0 Å². The van der Waals surface area contributed by atoms with Crippen LogP contribution in [0.2, 0.25) is 0 Å². The molecule has 2 atom stereocenters. The second-order valence-corrected chi connectivity index (χ2v) is 5.89. The molecular weight excluding hydrogens is 246 g/mol. The number of likely N-dealkylation sites (tertiary alicyclic amines) is 1. The quantitative estimate of drug-likeness (QED) is 0.905. The summed E-state index contributed by atoms with van der Waals surface area (Å²) < 4.78 is 0. The maximum atomic E-state index is 4.21. The smallest absolute Gasteiger partial charge is 0.0376 e. The largest absolute Gasteiger partial charge is 0.384 e. The monoisotopic (exact) mass is 265 g/mol. The van der Waals surface area contributed by atoms with Gasteiger partial charge in [-0.2, -0.15) is 0 Å². The minimum absolute atomic E-state index is 0.684. The van der Waals surface area contributed by atoms with Crippen molar-refractivity contribution in [1.82, 2.24) is 9.88 Å². The molecule has 102 valence electrons. The van der Waals surface area contributed by atoms with Crippen LogP contribution in [-0.2, 0) is 6.54 Å². The topological polar surface area (TPSA) is 28.2 Å². The number of anilines is 1. The predicted octanol–water partition coefficient (Wildman–Crippen LogP) is 2.72. The van der Waals surface area contributed by atoms with Crippen molar-refractivity contribution >= 4 is 5.69 Å². The predicted molar refractivity (Wildman–Crippen MR) is 80.7 cm³/mol. The van der Waals surface area contributed by atoms with Crippen LogP contribution in [0.5, 0.6) is 0 Å². The van der Waals surface area contributed by atoms with Crippen molar-refractivity contribution in [2.24, 2.45) is 5.92 Å². The lowest BCUT2D eigenvalue weighted by Gasteiger charge is -2.28. The molecule has 2 aliphatic rings. The highest BCUT2D eigenvalue weighted by Gasteiger charge is 2.37. The van der Waals surface area contributed by atoms with Crippen LogP contribution in [0.25, 0.3) is 0 Å². The zero-order valence-corrected chi connectivity index (χ0v) is 11.5. The second-order valence-electron chi connectivity index (χ2n) is 5.89. The first-order valence-electron chi connectivity index (χ1n) is 7.34. The normalized spacial score (nSPS) is 24.8. The molecule has 1 aromatic heterocycles. The Bertz CT molecular complexity index is 596. The third kappa shape index (κ3) is 2.08. The fourth-order valence-electron chi connectivity index (χ4n) is 3.62. The molecule has 0 saturated carbocycles. The Labute approximate surface area is 119 Å². The van der Waals surface area contributed by atoms with Gasteiger partial charge in [0.05, 0.1) is 0 Å². The average molecular weight is 265 g/mol. The summed E-state index contributed by atoms with van der Waals surface area (Å²) in [4.78, 5) is 6.78. The minimum atomic E-state index is 0.684. The first kappa shape index (κ1) is 11.9. The number of fused-ring (bicyclic) bond motifs is 3. The average Bonchev–Trinajstić information content (AvgIpc) is 2.91. The van der Waals surface area contributed by atoms with Crippen LogP contribution in [0.15, 0.2) is 48.8 Å². The van der Waals surface area contributed by atoms with E-state index in [9.17, 15) is 0 Å². The molecule has 1 saturated heterocycles. The first-order chi connectivity index (χ1) is 9.90. The summed E-state index contributed by atoms with van der Waals surface area (Å²) in [5, 5.41) is 3.58. The number of pyridine rings is 1. The van der Waals surface area contributed by atoms with Gasteiger partial charge in [-0.15, -0.1) is 0 Å². The van der Waals surface area contributed by atoms with Crippen LogP contribution >= 0.6 is 0 Å². The second kappa shape index (κ2) is 4.91. The van der Waals surface area contributed by atoms with E-state index in [1.807, 2.05) is 18.5 Å². The number of aromatic nitrogens is 1. The number of hydrogen-bond donors (Lipinski definition) is 1. The van der Waals surface area contributed by atoms with Crippen LogP contribution in [0.4, 0.5) is 5.69 Å². The van der Waals surface area contributed by atoms with Crippen molar-refractivity contribution in [2.75, 3.05) is 25.0 Å². The Kier molecular flexibility index (Phi) is 2.92. The molecule has 2 unspecified atom stereocenters. The van der Waals surface area contributed by atoms with E-state index in [2.05, 4.69) is 45.5 Å². The van der Waals surface area contributed by atoms with Gasteiger partial charge >= 0.3 is 0 Å². The lowest BCUT2D eigenvalue weighted by atomic mass is 9.85. The van der Waals surface area contributed by atoms with Gasteiger partial charge in [0.15, 0.2) is 0 Å². The molecule has 0 bridgehead atoms. The third-order valence-corrected chi connectivity index (χ3v) is 4.56. The van der Waals surface area contributed by atoms with Gasteiger partial charge in [-0.1, -0.05) is 24.3 Å². The summed E-state index contributed by atoms with van der Waals surface area (Å²) in [5.74, 6) is 1.42. The molecule has 1 fully saturated rings. The molecule has 1 aromatic carbocycles. The van der Waals surface area contributed by atoms with Crippen molar-refractivity contribution in [3.05, 3.63) is 59.9 Å². The summed E-state index contributed by atoms with van der Waals surface area (Å²) >= 11 is 0. The Morgan fingerprint density at radius 1 is 1.15 bits per heavy atom. The fourth-order valence-corrected chi connectivity index (χ4v) is 3.62. The van der Waals surface area contributed by atoms with Gasteiger partial charge in [0.1, 0.15) is 0 Å². The highest BCUT2D eigenvalue weighted by Crippen LogP contribution is 2.40. The molecule has 4 rings (SSSR count). The summed E-state index contributed by atoms with van der Waals surface area (Å²) in [5.41, 5.74) is 4.14. The Morgan fingerprint density at radius 2 is 2.10 bits per heavy atom. The van der Waals surface area contributed by atoms with Gasteiger partial charge in [0.25, 0.3) is 0 Å². The zero-order chi connectivity index (χ0) is 13.4. The van der Waals surface area contributed by atoms with E-state index in [0.29, 0.717) is 5.92 Å². The maximum Gasteiger partial charge on any atom is 0.0376 e. The van der Waals surface area contributed by atoms with Crippen LogP contribution in [0.3, 0.4) is 0 Å². The first-order valence-corrected chi connectivity index (χ1v) is 7.34. The number of para-hydroxylation sites is 1. The molecule has 2 aromatic rings. The lowest BCUT2D eigenvalue weighted by Crippen LogP contribution is -2.26. The Balaban J connectivity index is 1.53. The number of hydrogen-bond acceptors (Lipinski definition) is 3. The molecular formula is C17H19N3. The summed E-state index contributed by atoms with van der Waals surface area (Å²) in [7, 11) is 0. The van der Waals surface area contributed by atoms with E-state index >= 15 is 0 Å². The van der Waals surface area contributed by atoms with Crippen molar-refractivity contribution in [2.45, 2.75) is 12.5 Å². The molecule has 20 heavy (non-hydrogen) atoms. The molecule has 3 heteroatoms. The van der Waals surface area contributed by atoms with Crippen molar-refractivity contribution in [3.8, 4) is 0 Å². The third-order valence-electron chi connectivity index (χ3n) is 4.56. The summed E-state index contributed by atoms with van der Waals surface area (Å²) in [6.45, 7) is 4.47. The van der Waals surface area contributed by atoms with E-state index in [-0.39, 0.29) is 0 Å². The van der Waals surface area contributed by atoms with Gasteiger partial charge in [0, 0.05) is 50.2 Å². The fraction of sp³-hybridized carbons (Fsp3) is 0.353. The highest BCUT2D eigenvalue weighted by atomic mass is 15.2.